The maximum atomic E-state index is 12.4. The van der Waals surface area contributed by atoms with Gasteiger partial charge in [-0.2, -0.15) is 5.10 Å². The number of aromatic nitrogens is 3. The van der Waals surface area contributed by atoms with E-state index in [-0.39, 0.29) is 5.91 Å². The largest absolute Gasteiger partial charge is 0.488 e. The van der Waals surface area contributed by atoms with Gasteiger partial charge >= 0.3 is 0 Å². The number of carbonyl (C=O) groups is 1. The Kier molecular flexibility index (Phi) is 5.21. The van der Waals surface area contributed by atoms with Crippen molar-refractivity contribution in [2.45, 2.75) is 6.54 Å². The van der Waals surface area contributed by atoms with Gasteiger partial charge in [0.05, 0.1) is 6.54 Å². The summed E-state index contributed by atoms with van der Waals surface area (Å²) < 4.78 is 7.40. The zero-order valence-corrected chi connectivity index (χ0v) is 15.6. The molecule has 0 spiro atoms. The van der Waals surface area contributed by atoms with Gasteiger partial charge in [-0.3, -0.25) is 4.79 Å². The van der Waals surface area contributed by atoms with Crippen LogP contribution in [0, 0.1) is 0 Å². The quantitative estimate of drug-likeness (QED) is 0.667. The fourth-order valence-electron chi connectivity index (χ4n) is 2.89. The van der Waals surface area contributed by atoms with E-state index in [1.807, 2.05) is 42.5 Å². The zero-order valence-electron chi connectivity index (χ0n) is 14.9. The molecule has 28 heavy (non-hydrogen) atoms. The topological polar surface area (TPSA) is 69.0 Å². The molecule has 0 unspecified atom stereocenters. The third-order valence-corrected chi connectivity index (χ3v) is 4.47. The number of para-hydroxylation sites is 1. The summed E-state index contributed by atoms with van der Waals surface area (Å²) in [6, 6.07) is 13.1. The molecule has 0 saturated carbocycles. The minimum absolute atomic E-state index is 0.219. The van der Waals surface area contributed by atoms with Crippen molar-refractivity contribution in [1.82, 2.24) is 14.8 Å². The SMILES string of the molecule is O=C(/C=C/C1=Cc2cc(Cl)ccc2OC1)Nc1ccccc1Cn1cncn1. The number of anilines is 1. The summed E-state index contributed by atoms with van der Waals surface area (Å²) in [6.07, 6.45) is 8.33. The van der Waals surface area contributed by atoms with Crippen molar-refractivity contribution in [3.63, 3.8) is 0 Å². The molecule has 140 valence electrons. The normalized spacial score (nSPS) is 13.0. The van der Waals surface area contributed by atoms with Crippen LogP contribution < -0.4 is 10.1 Å². The van der Waals surface area contributed by atoms with Crippen molar-refractivity contribution < 1.29 is 9.53 Å². The molecule has 0 bridgehead atoms. The third kappa shape index (κ3) is 4.29. The van der Waals surface area contributed by atoms with Crippen LogP contribution in [0.5, 0.6) is 5.75 Å². The van der Waals surface area contributed by atoms with Crippen LogP contribution >= 0.6 is 11.6 Å². The van der Waals surface area contributed by atoms with E-state index in [1.165, 1.54) is 12.4 Å². The van der Waals surface area contributed by atoms with Crippen LogP contribution in [0.3, 0.4) is 0 Å². The van der Waals surface area contributed by atoms with E-state index >= 15 is 0 Å². The smallest absolute Gasteiger partial charge is 0.248 e. The molecule has 1 N–H and O–H groups in total. The lowest BCUT2D eigenvalue weighted by Crippen LogP contribution is -2.12. The van der Waals surface area contributed by atoms with Gasteiger partial charge in [-0.15, -0.1) is 0 Å². The predicted molar refractivity (Wildman–Crippen MR) is 108 cm³/mol. The minimum Gasteiger partial charge on any atom is -0.488 e. The number of benzene rings is 2. The number of halogens is 1. The van der Waals surface area contributed by atoms with Gasteiger partial charge in [-0.05, 0) is 41.5 Å². The Balaban J connectivity index is 1.45. The molecule has 1 aliphatic heterocycles. The van der Waals surface area contributed by atoms with Crippen molar-refractivity contribution in [2.24, 2.45) is 0 Å². The molecule has 0 atom stereocenters. The molecule has 1 aliphatic rings. The molecule has 6 nitrogen and oxygen atoms in total. The number of nitrogens with zero attached hydrogens (tertiary/aromatic N) is 3. The van der Waals surface area contributed by atoms with Gasteiger partial charge in [-0.1, -0.05) is 35.9 Å². The second kappa shape index (κ2) is 8.10. The standard InChI is InChI=1S/C21H17ClN4O2/c22-18-6-7-20-17(10-18)9-15(12-28-20)5-8-21(27)25-19-4-2-1-3-16(19)11-26-14-23-13-24-26/h1-10,13-14H,11-12H2,(H,25,27)/b8-5+. The fraction of sp³-hybridized carbons (Fsp3) is 0.0952. The first-order chi connectivity index (χ1) is 13.7. The van der Waals surface area contributed by atoms with Gasteiger partial charge in [0.25, 0.3) is 0 Å². The number of amides is 1. The second-order valence-electron chi connectivity index (χ2n) is 6.26. The molecular weight excluding hydrogens is 376 g/mol. The van der Waals surface area contributed by atoms with E-state index in [0.29, 0.717) is 18.2 Å². The Morgan fingerprint density at radius 1 is 1.29 bits per heavy atom. The molecule has 3 aromatic rings. The van der Waals surface area contributed by atoms with Crippen molar-refractivity contribution in [3.8, 4) is 5.75 Å². The zero-order chi connectivity index (χ0) is 19.3. The number of ether oxygens (including phenoxy) is 1. The highest BCUT2D eigenvalue weighted by Gasteiger charge is 2.11. The maximum Gasteiger partial charge on any atom is 0.248 e. The molecule has 0 fully saturated rings. The van der Waals surface area contributed by atoms with Gasteiger partial charge < -0.3 is 10.1 Å². The number of hydrogen-bond donors (Lipinski definition) is 1. The van der Waals surface area contributed by atoms with Gasteiger partial charge in [-0.25, -0.2) is 9.67 Å². The summed E-state index contributed by atoms with van der Waals surface area (Å²) in [4.78, 5) is 16.3. The van der Waals surface area contributed by atoms with E-state index in [2.05, 4.69) is 15.4 Å². The van der Waals surface area contributed by atoms with Crippen LogP contribution in [0.1, 0.15) is 11.1 Å². The highest BCUT2D eigenvalue weighted by molar-refractivity contribution is 6.30. The summed E-state index contributed by atoms with van der Waals surface area (Å²) in [5.41, 5.74) is 3.47. The van der Waals surface area contributed by atoms with Crippen molar-refractivity contribution in [3.05, 3.63) is 89.0 Å². The van der Waals surface area contributed by atoms with Crippen LogP contribution in [-0.2, 0) is 11.3 Å². The Bertz CT molecular complexity index is 1060. The van der Waals surface area contributed by atoms with Crippen molar-refractivity contribution in [1.29, 1.82) is 0 Å². The highest BCUT2D eigenvalue weighted by atomic mass is 35.5. The number of rotatable bonds is 5. The van der Waals surface area contributed by atoms with Crippen LogP contribution in [0.2, 0.25) is 5.02 Å². The lowest BCUT2D eigenvalue weighted by Gasteiger charge is -2.16. The molecule has 4 rings (SSSR count). The Labute approximate surface area is 167 Å². The fourth-order valence-corrected chi connectivity index (χ4v) is 3.07. The van der Waals surface area contributed by atoms with Crippen LogP contribution in [0.25, 0.3) is 6.08 Å². The third-order valence-electron chi connectivity index (χ3n) is 4.23. The molecule has 0 aliphatic carbocycles. The lowest BCUT2D eigenvalue weighted by atomic mass is 10.1. The molecule has 7 heteroatoms. The lowest BCUT2D eigenvalue weighted by molar-refractivity contribution is -0.111. The number of carbonyl (C=O) groups excluding carboxylic acids is 1. The average molecular weight is 393 g/mol. The number of nitrogens with one attached hydrogen (secondary N) is 1. The predicted octanol–water partition coefficient (Wildman–Crippen LogP) is 3.95. The van der Waals surface area contributed by atoms with E-state index in [0.717, 1.165) is 28.1 Å². The van der Waals surface area contributed by atoms with E-state index in [4.69, 9.17) is 16.3 Å². The first kappa shape index (κ1) is 18.0. The van der Waals surface area contributed by atoms with E-state index < -0.39 is 0 Å². The average Bonchev–Trinajstić information content (AvgIpc) is 3.20. The van der Waals surface area contributed by atoms with Crippen molar-refractivity contribution >= 4 is 29.3 Å². The molecular formula is C21H17ClN4O2. The monoisotopic (exact) mass is 392 g/mol. The van der Waals surface area contributed by atoms with Gasteiger partial charge in [0.15, 0.2) is 0 Å². The summed E-state index contributed by atoms with van der Waals surface area (Å²) in [7, 11) is 0. The summed E-state index contributed by atoms with van der Waals surface area (Å²) in [5.74, 6) is 0.567. The minimum atomic E-state index is -0.219. The van der Waals surface area contributed by atoms with Crippen LogP contribution in [-0.4, -0.2) is 27.3 Å². The Morgan fingerprint density at radius 2 is 2.18 bits per heavy atom. The first-order valence-corrected chi connectivity index (χ1v) is 9.07. The second-order valence-corrected chi connectivity index (χ2v) is 6.70. The summed E-state index contributed by atoms with van der Waals surface area (Å²) in [6.45, 7) is 0.929. The molecule has 2 aromatic carbocycles. The van der Waals surface area contributed by atoms with Gasteiger partial charge in [0, 0.05) is 22.3 Å². The van der Waals surface area contributed by atoms with Crippen molar-refractivity contribution in [2.75, 3.05) is 11.9 Å². The van der Waals surface area contributed by atoms with Crippen LogP contribution in [0.4, 0.5) is 5.69 Å². The highest BCUT2D eigenvalue weighted by Crippen LogP contribution is 2.29. The summed E-state index contributed by atoms with van der Waals surface area (Å²) in [5, 5.41) is 7.66. The van der Waals surface area contributed by atoms with Crippen LogP contribution in [0.15, 0.2) is 72.8 Å². The van der Waals surface area contributed by atoms with E-state index in [1.54, 1.807) is 23.2 Å². The van der Waals surface area contributed by atoms with Gasteiger partial charge in [0.1, 0.15) is 25.0 Å². The number of hydrogen-bond acceptors (Lipinski definition) is 4. The maximum absolute atomic E-state index is 12.4. The Hall–Kier alpha value is -3.38. The number of fused-ring (bicyclic) bond motifs is 1. The van der Waals surface area contributed by atoms with E-state index in [9.17, 15) is 4.79 Å². The summed E-state index contributed by atoms with van der Waals surface area (Å²) >= 11 is 6.03. The van der Waals surface area contributed by atoms with Gasteiger partial charge in [0.2, 0.25) is 5.91 Å². The molecule has 2 heterocycles. The molecule has 1 amide bonds. The Morgan fingerprint density at radius 3 is 3.04 bits per heavy atom. The molecule has 0 saturated heterocycles. The molecule has 0 radical (unpaired) electrons. The first-order valence-electron chi connectivity index (χ1n) is 8.70. The molecule has 1 aromatic heterocycles.